The van der Waals surface area contributed by atoms with Crippen LogP contribution in [0.4, 0.5) is 8.78 Å². The van der Waals surface area contributed by atoms with E-state index in [2.05, 4.69) is 0 Å². The van der Waals surface area contributed by atoms with Crippen LogP contribution in [-0.4, -0.2) is 18.0 Å². The van der Waals surface area contributed by atoms with Crippen LogP contribution in [0.15, 0.2) is 22.9 Å². The van der Waals surface area contributed by atoms with Crippen LogP contribution < -0.4 is 0 Å². The molecule has 0 aromatic rings. The molecule has 0 radical (unpaired) electrons. The predicted octanol–water partition coefficient (Wildman–Crippen LogP) is 3.05. The number of allylic oxidation sites excluding steroid dienone is 3. The molecule has 2 nitrogen and oxygen atoms in total. The van der Waals surface area contributed by atoms with Crippen molar-refractivity contribution in [3.8, 4) is 6.07 Å². The van der Waals surface area contributed by atoms with Gasteiger partial charge < -0.3 is 4.90 Å². The topological polar surface area (TPSA) is 27.0 Å². The van der Waals surface area contributed by atoms with Gasteiger partial charge in [0.05, 0.1) is 5.57 Å². The fraction of sp³-hybridized carbons (Fsp3) is 0.545. The molecule has 1 aliphatic rings. The first-order valence-corrected chi connectivity index (χ1v) is 4.96. The molecule has 0 bridgehead atoms. The van der Waals surface area contributed by atoms with E-state index < -0.39 is 6.08 Å². The molecule has 0 atom stereocenters. The van der Waals surface area contributed by atoms with Gasteiger partial charge in [0.25, 0.3) is 6.08 Å². The molecule has 82 valence electrons. The Hall–Kier alpha value is -1.37. The van der Waals surface area contributed by atoms with Crippen LogP contribution in [0.2, 0.25) is 0 Å². The average molecular weight is 212 g/mol. The van der Waals surface area contributed by atoms with E-state index in [1.807, 2.05) is 11.0 Å². The zero-order chi connectivity index (χ0) is 11.4. The number of rotatable bonds is 2. The molecule has 1 fully saturated rings. The van der Waals surface area contributed by atoms with Crippen LogP contribution in [0.1, 0.15) is 26.7 Å². The minimum absolute atomic E-state index is 0.108. The summed E-state index contributed by atoms with van der Waals surface area (Å²) in [7, 11) is 0. The van der Waals surface area contributed by atoms with Gasteiger partial charge in [0.1, 0.15) is 6.07 Å². The predicted molar refractivity (Wildman–Crippen MR) is 54.0 cm³/mol. The fourth-order valence-electron chi connectivity index (χ4n) is 1.74. The fourth-order valence-corrected chi connectivity index (χ4v) is 1.74. The van der Waals surface area contributed by atoms with E-state index in [1.54, 1.807) is 6.92 Å². The molecule has 0 aromatic carbocycles. The average Bonchev–Trinajstić information content (AvgIpc) is 2.71. The van der Waals surface area contributed by atoms with Crippen molar-refractivity contribution >= 4 is 0 Å². The molecule has 1 rings (SSSR count). The molecule has 0 N–H and O–H groups in total. The number of likely N-dealkylation sites (tertiary alicyclic amines) is 1. The van der Waals surface area contributed by atoms with Crippen molar-refractivity contribution < 1.29 is 8.78 Å². The summed E-state index contributed by atoms with van der Waals surface area (Å²) in [6.07, 6.45) is 0.360. The van der Waals surface area contributed by atoms with Crippen molar-refractivity contribution in [1.29, 1.82) is 5.26 Å². The van der Waals surface area contributed by atoms with E-state index in [4.69, 9.17) is 5.26 Å². The lowest BCUT2D eigenvalue weighted by Gasteiger charge is -2.19. The molecular weight excluding hydrogens is 198 g/mol. The Labute approximate surface area is 88.5 Å². The maximum atomic E-state index is 12.4. The lowest BCUT2D eigenvalue weighted by atomic mass is 10.1. The summed E-state index contributed by atoms with van der Waals surface area (Å²) in [6, 6.07) is 1.86. The van der Waals surface area contributed by atoms with Crippen molar-refractivity contribution in [3.63, 3.8) is 0 Å². The second-order valence-electron chi connectivity index (χ2n) is 3.65. The van der Waals surface area contributed by atoms with Gasteiger partial charge in [-0.05, 0) is 26.7 Å². The van der Waals surface area contributed by atoms with Crippen molar-refractivity contribution in [1.82, 2.24) is 4.90 Å². The lowest BCUT2D eigenvalue weighted by molar-refractivity contribution is 0.407. The molecular formula is C11H14F2N2. The maximum absolute atomic E-state index is 12.4. The zero-order valence-electron chi connectivity index (χ0n) is 8.98. The summed E-state index contributed by atoms with van der Waals surface area (Å²) in [5.74, 6) is 0. The van der Waals surface area contributed by atoms with Crippen molar-refractivity contribution in [3.05, 3.63) is 22.9 Å². The first-order chi connectivity index (χ1) is 7.07. The summed E-state index contributed by atoms with van der Waals surface area (Å²) in [6.45, 7) is 4.74. The van der Waals surface area contributed by atoms with Gasteiger partial charge in [-0.25, -0.2) is 0 Å². The minimum atomic E-state index is -1.77. The normalized spacial score (nSPS) is 17.1. The van der Waals surface area contributed by atoms with Gasteiger partial charge in [-0.1, -0.05) is 0 Å². The van der Waals surface area contributed by atoms with Gasteiger partial charge in [-0.2, -0.15) is 14.0 Å². The van der Waals surface area contributed by atoms with E-state index in [0.717, 1.165) is 25.9 Å². The molecule has 0 amide bonds. The standard InChI is InChI=1S/C11H14F2N2/c1-8(11(12)13)10(7-14)9(2)15-5-3-4-6-15/h3-6H2,1-2H3/b10-9+. The second kappa shape index (κ2) is 4.92. The molecule has 1 heterocycles. The van der Waals surface area contributed by atoms with Crippen LogP contribution in [0.5, 0.6) is 0 Å². The Bertz CT molecular complexity index is 340. The van der Waals surface area contributed by atoms with Crippen molar-refractivity contribution in [2.45, 2.75) is 26.7 Å². The van der Waals surface area contributed by atoms with Gasteiger partial charge in [-0.3, -0.25) is 0 Å². The van der Waals surface area contributed by atoms with E-state index in [-0.39, 0.29) is 11.1 Å². The van der Waals surface area contributed by atoms with Crippen LogP contribution in [0.25, 0.3) is 0 Å². The van der Waals surface area contributed by atoms with E-state index in [1.165, 1.54) is 6.92 Å². The number of nitriles is 1. The largest absolute Gasteiger partial charge is 0.374 e. The number of hydrogen-bond donors (Lipinski definition) is 0. The Morgan fingerprint density at radius 3 is 2.13 bits per heavy atom. The first kappa shape index (κ1) is 11.7. The molecule has 0 aliphatic carbocycles. The Balaban J connectivity index is 3.03. The van der Waals surface area contributed by atoms with E-state index in [0.29, 0.717) is 5.70 Å². The minimum Gasteiger partial charge on any atom is -0.374 e. The third-order valence-electron chi connectivity index (χ3n) is 2.71. The van der Waals surface area contributed by atoms with Crippen molar-refractivity contribution in [2.24, 2.45) is 0 Å². The number of halogens is 2. The molecule has 0 aromatic heterocycles. The zero-order valence-corrected chi connectivity index (χ0v) is 8.98. The molecule has 15 heavy (non-hydrogen) atoms. The molecule has 0 saturated carbocycles. The molecule has 1 saturated heterocycles. The van der Waals surface area contributed by atoms with Crippen LogP contribution in [-0.2, 0) is 0 Å². The lowest BCUT2D eigenvalue weighted by Crippen LogP contribution is -2.18. The molecule has 0 spiro atoms. The van der Waals surface area contributed by atoms with Gasteiger partial charge in [0, 0.05) is 24.4 Å². The Morgan fingerprint density at radius 1 is 1.20 bits per heavy atom. The summed E-state index contributed by atoms with van der Waals surface area (Å²) >= 11 is 0. The summed E-state index contributed by atoms with van der Waals surface area (Å²) < 4.78 is 24.8. The summed E-state index contributed by atoms with van der Waals surface area (Å²) in [5.41, 5.74) is 0.569. The van der Waals surface area contributed by atoms with E-state index >= 15 is 0 Å². The van der Waals surface area contributed by atoms with Crippen LogP contribution >= 0.6 is 0 Å². The SMILES string of the molecule is CC(=C(F)F)/C(C#N)=C(\C)N1CCCC1. The monoisotopic (exact) mass is 212 g/mol. The molecule has 4 heteroatoms. The molecule has 0 unspecified atom stereocenters. The first-order valence-electron chi connectivity index (χ1n) is 4.96. The number of hydrogen-bond acceptors (Lipinski definition) is 2. The van der Waals surface area contributed by atoms with Crippen LogP contribution in [0.3, 0.4) is 0 Å². The second-order valence-corrected chi connectivity index (χ2v) is 3.65. The maximum Gasteiger partial charge on any atom is 0.274 e. The third-order valence-corrected chi connectivity index (χ3v) is 2.71. The highest BCUT2D eigenvalue weighted by Crippen LogP contribution is 2.23. The molecule has 1 aliphatic heterocycles. The van der Waals surface area contributed by atoms with Crippen molar-refractivity contribution in [2.75, 3.05) is 13.1 Å². The highest BCUT2D eigenvalue weighted by atomic mass is 19.3. The number of nitrogens with zero attached hydrogens (tertiary/aromatic N) is 2. The van der Waals surface area contributed by atoms with Gasteiger partial charge in [-0.15, -0.1) is 0 Å². The van der Waals surface area contributed by atoms with E-state index in [9.17, 15) is 8.78 Å². The summed E-state index contributed by atoms with van der Waals surface area (Å²) in [5, 5.41) is 8.87. The van der Waals surface area contributed by atoms with Gasteiger partial charge in [0.15, 0.2) is 0 Å². The van der Waals surface area contributed by atoms with Gasteiger partial charge >= 0.3 is 0 Å². The van der Waals surface area contributed by atoms with Crippen LogP contribution in [0, 0.1) is 11.3 Å². The Morgan fingerprint density at radius 2 is 1.73 bits per heavy atom. The van der Waals surface area contributed by atoms with Gasteiger partial charge in [0.2, 0.25) is 0 Å². The smallest absolute Gasteiger partial charge is 0.274 e. The summed E-state index contributed by atoms with van der Waals surface area (Å²) in [4.78, 5) is 1.99. The Kier molecular flexibility index (Phi) is 3.84. The quantitative estimate of drug-likeness (QED) is 0.519. The third kappa shape index (κ3) is 2.56. The highest BCUT2D eigenvalue weighted by molar-refractivity contribution is 5.44. The highest BCUT2D eigenvalue weighted by Gasteiger charge is 2.17.